The van der Waals surface area contributed by atoms with Crippen molar-refractivity contribution in [2.45, 2.75) is 57.9 Å². The van der Waals surface area contributed by atoms with Crippen LogP contribution in [0.3, 0.4) is 0 Å². The van der Waals surface area contributed by atoms with Crippen LogP contribution in [0.15, 0.2) is 48.9 Å². The lowest BCUT2D eigenvalue weighted by atomic mass is 9.91. The van der Waals surface area contributed by atoms with E-state index in [4.69, 9.17) is 16.6 Å². The van der Waals surface area contributed by atoms with Crippen LogP contribution in [0.25, 0.3) is 5.82 Å². The summed E-state index contributed by atoms with van der Waals surface area (Å²) in [5.41, 5.74) is 3.58. The first-order chi connectivity index (χ1) is 13.6. The molecule has 4 nitrogen and oxygen atoms in total. The molecule has 0 spiro atoms. The molecule has 1 unspecified atom stereocenters. The van der Waals surface area contributed by atoms with E-state index in [0.717, 1.165) is 28.8 Å². The fraction of sp³-hybridized carbons (Fsp3) is 0.391. The molecule has 0 amide bonds. The molecule has 0 bridgehead atoms. The van der Waals surface area contributed by atoms with E-state index in [9.17, 15) is 0 Å². The van der Waals surface area contributed by atoms with E-state index >= 15 is 0 Å². The molecule has 1 saturated carbocycles. The first-order valence-electron chi connectivity index (χ1n) is 10.2. The maximum atomic E-state index is 6.21. The van der Waals surface area contributed by atoms with E-state index in [0.29, 0.717) is 12.0 Å². The Balaban J connectivity index is 1.61. The molecule has 146 valence electrons. The molecule has 1 aromatic carbocycles. The summed E-state index contributed by atoms with van der Waals surface area (Å²) in [5.74, 6) is 1.98. The predicted molar refractivity (Wildman–Crippen MR) is 116 cm³/mol. The summed E-state index contributed by atoms with van der Waals surface area (Å²) in [6.45, 7) is 4.27. The first-order valence-corrected chi connectivity index (χ1v) is 10.6. The highest BCUT2D eigenvalue weighted by Crippen LogP contribution is 2.30. The maximum absolute atomic E-state index is 6.21. The zero-order chi connectivity index (χ0) is 19.5. The number of hydrogen-bond acceptors (Lipinski definition) is 3. The van der Waals surface area contributed by atoms with Crippen molar-refractivity contribution in [3.63, 3.8) is 0 Å². The Labute approximate surface area is 172 Å². The normalized spacial score (nSPS) is 15.7. The number of hydrogen-bond donors (Lipinski definition) is 1. The molecule has 1 fully saturated rings. The van der Waals surface area contributed by atoms with Gasteiger partial charge in [-0.25, -0.2) is 4.98 Å². The summed E-state index contributed by atoms with van der Waals surface area (Å²) in [4.78, 5) is 9.30. The molecule has 1 N–H and O–H groups in total. The molecule has 3 aromatic rings. The number of rotatable bonds is 6. The minimum absolute atomic E-state index is 0.318. The highest BCUT2D eigenvalue weighted by molar-refractivity contribution is 6.30. The van der Waals surface area contributed by atoms with Gasteiger partial charge in [0.1, 0.15) is 5.82 Å². The average molecular weight is 395 g/mol. The van der Waals surface area contributed by atoms with E-state index in [-0.39, 0.29) is 0 Å². The van der Waals surface area contributed by atoms with E-state index in [2.05, 4.69) is 59.3 Å². The number of benzene rings is 1. The molecule has 5 heteroatoms. The second-order valence-electron chi connectivity index (χ2n) is 7.69. The van der Waals surface area contributed by atoms with Gasteiger partial charge in [-0.2, -0.15) is 4.98 Å². The van der Waals surface area contributed by atoms with Crippen LogP contribution in [-0.2, 0) is 0 Å². The van der Waals surface area contributed by atoms with Gasteiger partial charge in [-0.3, -0.25) is 0 Å². The van der Waals surface area contributed by atoms with Gasteiger partial charge in [0.05, 0.1) is 0 Å². The largest absolute Gasteiger partial charge is 0.351 e. The van der Waals surface area contributed by atoms with Crippen molar-refractivity contribution in [2.75, 3.05) is 5.32 Å². The van der Waals surface area contributed by atoms with Gasteiger partial charge < -0.3 is 9.88 Å². The Morgan fingerprint density at radius 1 is 1.21 bits per heavy atom. The van der Waals surface area contributed by atoms with Crippen LogP contribution in [0.4, 0.5) is 5.95 Å². The molecular weight excluding hydrogens is 368 g/mol. The number of aryl methyl sites for hydroxylation is 1. The summed E-state index contributed by atoms with van der Waals surface area (Å²) < 4.78 is 2.11. The van der Waals surface area contributed by atoms with Crippen LogP contribution in [0, 0.1) is 6.92 Å². The van der Waals surface area contributed by atoms with Crippen LogP contribution in [-0.4, -0.2) is 20.6 Å². The Kier molecular flexibility index (Phi) is 5.67. The summed E-state index contributed by atoms with van der Waals surface area (Å²) in [6, 6.07) is 10.8. The van der Waals surface area contributed by atoms with Crippen molar-refractivity contribution < 1.29 is 0 Å². The molecule has 1 atom stereocenters. The van der Waals surface area contributed by atoms with E-state index in [1.54, 1.807) is 0 Å². The van der Waals surface area contributed by atoms with Gasteiger partial charge in [0.15, 0.2) is 0 Å². The van der Waals surface area contributed by atoms with Gasteiger partial charge in [-0.15, -0.1) is 0 Å². The smallest absolute Gasteiger partial charge is 0.224 e. The van der Waals surface area contributed by atoms with Crippen molar-refractivity contribution in [3.05, 3.63) is 70.6 Å². The lowest BCUT2D eigenvalue weighted by molar-refractivity contribution is 0.741. The van der Waals surface area contributed by atoms with E-state index in [1.165, 1.54) is 36.8 Å². The predicted octanol–water partition coefficient (Wildman–Crippen LogP) is 6.13. The highest BCUT2D eigenvalue weighted by Gasteiger charge is 2.18. The van der Waals surface area contributed by atoms with Crippen molar-refractivity contribution in [3.8, 4) is 5.82 Å². The summed E-state index contributed by atoms with van der Waals surface area (Å²) >= 11 is 6.21. The molecule has 28 heavy (non-hydrogen) atoms. The summed E-state index contributed by atoms with van der Waals surface area (Å²) in [6.07, 6.45) is 12.2. The molecule has 0 saturated heterocycles. The second-order valence-corrected chi connectivity index (χ2v) is 8.13. The average Bonchev–Trinajstić information content (AvgIpc) is 3.36. The Morgan fingerprint density at radius 2 is 2.04 bits per heavy atom. The Bertz CT molecular complexity index is 943. The third-order valence-electron chi connectivity index (χ3n) is 5.66. The second kappa shape index (κ2) is 8.36. The Morgan fingerprint density at radius 3 is 2.79 bits per heavy atom. The van der Waals surface area contributed by atoms with Crippen molar-refractivity contribution in [1.82, 2.24) is 14.5 Å². The fourth-order valence-electron chi connectivity index (χ4n) is 4.15. The van der Waals surface area contributed by atoms with Gasteiger partial charge >= 0.3 is 0 Å². The summed E-state index contributed by atoms with van der Waals surface area (Å²) in [5, 5.41) is 4.28. The zero-order valence-corrected chi connectivity index (χ0v) is 17.3. The van der Waals surface area contributed by atoms with Gasteiger partial charge in [-0.1, -0.05) is 43.5 Å². The molecule has 0 radical (unpaired) electrons. The fourth-order valence-corrected chi connectivity index (χ4v) is 4.35. The number of nitrogens with one attached hydrogen (secondary N) is 1. The molecule has 2 aromatic heterocycles. The van der Waals surface area contributed by atoms with Gasteiger partial charge in [0.2, 0.25) is 5.95 Å². The van der Waals surface area contributed by atoms with Gasteiger partial charge in [0, 0.05) is 41.1 Å². The SMILES string of the molecule is CCC(c1cccc(Cl)c1)c1ccn(-c2nc(NC3CCCC3)ncc2C)c1. The van der Waals surface area contributed by atoms with Crippen LogP contribution in [0.1, 0.15) is 61.6 Å². The zero-order valence-electron chi connectivity index (χ0n) is 16.5. The number of halogens is 1. The van der Waals surface area contributed by atoms with Crippen molar-refractivity contribution in [2.24, 2.45) is 0 Å². The lowest BCUT2D eigenvalue weighted by Gasteiger charge is -2.15. The molecule has 1 aliphatic rings. The molecule has 4 rings (SSSR count). The highest BCUT2D eigenvalue weighted by atomic mass is 35.5. The van der Waals surface area contributed by atoms with Crippen LogP contribution in [0.5, 0.6) is 0 Å². The lowest BCUT2D eigenvalue weighted by Crippen LogP contribution is -2.17. The van der Waals surface area contributed by atoms with Crippen LogP contribution >= 0.6 is 11.6 Å². The van der Waals surface area contributed by atoms with Crippen LogP contribution < -0.4 is 5.32 Å². The van der Waals surface area contributed by atoms with E-state index < -0.39 is 0 Å². The van der Waals surface area contributed by atoms with Gasteiger partial charge in [0.25, 0.3) is 0 Å². The third kappa shape index (κ3) is 4.07. The maximum Gasteiger partial charge on any atom is 0.224 e. The van der Waals surface area contributed by atoms with Crippen molar-refractivity contribution >= 4 is 17.5 Å². The summed E-state index contributed by atoms with van der Waals surface area (Å²) in [7, 11) is 0. The number of nitrogens with zero attached hydrogens (tertiary/aromatic N) is 3. The monoisotopic (exact) mass is 394 g/mol. The minimum Gasteiger partial charge on any atom is -0.351 e. The molecule has 0 aliphatic heterocycles. The molecule has 1 aliphatic carbocycles. The van der Waals surface area contributed by atoms with E-state index in [1.807, 2.05) is 18.3 Å². The standard InChI is InChI=1S/C23H27ClN4/c1-3-21(17-7-6-8-19(24)13-17)18-11-12-28(15-18)22-16(2)14-25-23(27-22)26-20-9-4-5-10-20/h6-8,11-15,20-21H,3-5,9-10H2,1-2H3,(H,25,26,27). The van der Waals surface area contributed by atoms with Gasteiger partial charge in [-0.05, 0) is 55.5 Å². The number of anilines is 1. The third-order valence-corrected chi connectivity index (χ3v) is 5.89. The molecular formula is C23H27ClN4. The Hall–Kier alpha value is -2.33. The first kappa shape index (κ1) is 19.0. The van der Waals surface area contributed by atoms with Crippen molar-refractivity contribution in [1.29, 1.82) is 0 Å². The quantitative estimate of drug-likeness (QED) is 0.547. The minimum atomic E-state index is 0.318. The number of aromatic nitrogens is 3. The molecule has 2 heterocycles. The van der Waals surface area contributed by atoms with Crippen LogP contribution in [0.2, 0.25) is 5.02 Å². The topological polar surface area (TPSA) is 42.7 Å².